The molecule has 0 fully saturated rings. The molecule has 252 valence electrons. The van der Waals surface area contributed by atoms with E-state index in [0.29, 0.717) is 15.8 Å². The van der Waals surface area contributed by atoms with Crippen LogP contribution in [-0.2, 0) is 11.3 Å². The van der Waals surface area contributed by atoms with Crippen molar-refractivity contribution in [2.24, 2.45) is 5.73 Å². The van der Waals surface area contributed by atoms with Crippen LogP contribution < -0.4 is 21.5 Å². The summed E-state index contributed by atoms with van der Waals surface area (Å²) < 4.78 is 58.6. The second-order valence-corrected chi connectivity index (χ2v) is 8.97. The van der Waals surface area contributed by atoms with E-state index in [0.717, 1.165) is 19.1 Å². The summed E-state index contributed by atoms with van der Waals surface area (Å²) in [5.41, 5.74) is 11.6. The number of ether oxygens (including phenoxy) is 1. The topological polar surface area (TPSA) is 142 Å². The van der Waals surface area contributed by atoms with Gasteiger partial charge >= 0.3 is 6.18 Å². The Morgan fingerprint density at radius 2 is 1.49 bits per heavy atom. The maximum atomic E-state index is 13.5. The van der Waals surface area contributed by atoms with Crippen molar-refractivity contribution in [2.45, 2.75) is 87.5 Å². The van der Waals surface area contributed by atoms with Crippen LogP contribution in [0.5, 0.6) is 5.75 Å². The first-order valence-electron chi connectivity index (χ1n) is 14.5. The van der Waals surface area contributed by atoms with Crippen LogP contribution in [0.25, 0.3) is 11.3 Å². The van der Waals surface area contributed by atoms with Crippen LogP contribution >= 0.6 is 0 Å². The molecule has 0 saturated carbocycles. The summed E-state index contributed by atoms with van der Waals surface area (Å²) in [5, 5.41) is 6.52. The van der Waals surface area contributed by atoms with Crippen LogP contribution in [0.1, 0.15) is 101 Å². The van der Waals surface area contributed by atoms with Gasteiger partial charge in [0.25, 0.3) is 11.8 Å². The highest BCUT2D eigenvalue weighted by atomic mass is 19.4. The van der Waals surface area contributed by atoms with Crippen molar-refractivity contribution in [2.75, 3.05) is 12.8 Å². The van der Waals surface area contributed by atoms with Gasteiger partial charge in [0.1, 0.15) is 40.5 Å². The minimum absolute atomic E-state index is 0.0185. The quantitative estimate of drug-likeness (QED) is 0.228. The van der Waals surface area contributed by atoms with Crippen LogP contribution in [-0.4, -0.2) is 40.7 Å². The van der Waals surface area contributed by atoms with E-state index >= 15 is 0 Å². The first-order chi connectivity index (χ1) is 21.1. The third-order valence-electron chi connectivity index (χ3n) is 5.12. The molecule has 45 heavy (non-hydrogen) atoms. The van der Waals surface area contributed by atoms with Gasteiger partial charge in [-0.2, -0.15) is 18.3 Å². The number of hydrogen-bond acceptors (Lipinski definition) is 6. The summed E-state index contributed by atoms with van der Waals surface area (Å²) in [6.45, 7) is 16.2. The molecule has 0 aliphatic rings. The molecule has 9 nitrogen and oxygen atoms in total. The van der Waals surface area contributed by atoms with Gasteiger partial charge in [-0.1, -0.05) is 72.2 Å². The van der Waals surface area contributed by atoms with E-state index in [1.54, 1.807) is 12.1 Å². The van der Waals surface area contributed by atoms with Crippen molar-refractivity contribution >= 4 is 23.4 Å². The number of carbonyl (C=O) groups is 3. The molecule has 3 aromatic rings. The van der Waals surface area contributed by atoms with Crippen LogP contribution in [0.2, 0.25) is 0 Å². The fourth-order valence-corrected chi connectivity index (χ4v) is 3.24. The van der Waals surface area contributed by atoms with Crippen LogP contribution in [0.3, 0.4) is 0 Å². The minimum atomic E-state index is -4.64. The molecule has 0 spiro atoms. The number of halogens is 4. The van der Waals surface area contributed by atoms with Crippen molar-refractivity contribution in [1.82, 2.24) is 15.1 Å². The summed E-state index contributed by atoms with van der Waals surface area (Å²) in [6, 6.07) is 7.62. The van der Waals surface area contributed by atoms with E-state index in [1.807, 2.05) is 27.7 Å². The monoisotopic (exact) mass is 641 g/mol. The second-order valence-electron chi connectivity index (χ2n) is 8.97. The van der Waals surface area contributed by atoms with Gasteiger partial charge in [-0.15, -0.1) is 0 Å². The Balaban J connectivity index is 0. The lowest BCUT2D eigenvalue weighted by atomic mass is 10.0. The Hall–Kier alpha value is -4.42. The number of Topliss-reactive ketones (excluding diaryl/α,β-unsaturated/α-hetero) is 1. The number of primary amides is 1. The van der Waals surface area contributed by atoms with Gasteiger partial charge in [-0.05, 0) is 44.5 Å². The fourth-order valence-electron chi connectivity index (χ4n) is 3.24. The Morgan fingerprint density at radius 3 is 1.91 bits per heavy atom. The Labute approximate surface area is 263 Å². The minimum Gasteiger partial charge on any atom is -0.496 e. The maximum absolute atomic E-state index is 13.5. The molecule has 0 aliphatic heterocycles. The summed E-state index contributed by atoms with van der Waals surface area (Å²) in [4.78, 5) is 33.7. The predicted octanol–water partition coefficient (Wildman–Crippen LogP) is 7.50. The van der Waals surface area contributed by atoms with Gasteiger partial charge in [0, 0.05) is 12.1 Å². The first kappa shape index (κ1) is 42.7. The van der Waals surface area contributed by atoms with E-state index in [-0.39, 0.29) is 34.9 Å². The molecule has 0 radical (unpaired) electrons. The number of carbonyl (C=O) groups excluding carboxylic acids is 3. The first-order valence-corrected chi connectivity index (χ1v) is 14.5. The van der Waals surface area contributed by atoms with Crippen molar-refractivity contribution in [3.05, 3.63) is 65.0 Å². The number of alkyl halides is 3. The van der Waals surface area contributed by atoms with Crippen molar-refractivity contribution in [3.8, 4) is 17.0 Å². The molecule has 0 bridgehead atoms. The number of amides is 2. The average molecular weight is 642 g/mol. The van der Waals surface area contributed by atoms with Gasteiger partial charge in [-0.3, -0.25) is 9.59 Å². The molecule has 5 N–H and O–H groups in total. The van der Waals surface area contributed by atoms with Gasteiger partial charge in [-0.25, -0.2) is 9.07 Å². The third kappa shape index (κ3) is 13.8. The number of aromatic nitrogens is 2. The van der Waals surface area contributed by atoms with E-state index in [4.69, 9.17) is 16.2 Å². The van der Waals surface area contributed by atoms with Crippen LogP contribution in [0, 0.1) is 5.82 Å². The standard InChI is InChI=1S/C22H21F4N5O3.C3H6O.C3H8.2C2H6/c1-11(22(24,25)26)31-19(27)17(20(28)32)18(30-31)13-5-3-12(4-6-13)10-29-21(33)15-9-14(23)7-8-16(15)34-2;1-3(2)4;1-3-2;2*1-2/h3-9,11H,10,27H2,1-2H3,(H2,28,32)(H,29,33);1-2H3;3H2,1-2H3;2*1-2H3/t11-;;;;/m0..../s1. The molecule has 0 unspecified atom stereocenters. The molecule has 2 amide bonds. The number of nitrogens with two attached hydrogens (primary N) is 2. The average Bonchev–Trinajstić information content (AvgIpc) is 3.34. The largest absolute Gasteiger partial charge is 0.496 e. The van der Waals surface area contributed by atoms with Crippen LogP contribution in [0.4, 0.5) is 23.4 Å². The van der Waals surface area contributed by atoms with Crippen molar-refractivity contribution in [3.63, 3.8) is 0 Å². The van der Waals surface area contributed by atoms with Gasteiger partial charge in [0.05, 0.1) is 12.7 Å². The molecule has 2 aromatic carbocycles. The van der Waals surface area contributed by atoms with E-state index in [1.165, 1.54) is 45.6 Å². The smallest absolute Gasteiger partial charge is 0.410 e. The fraction of sp³-hybridized carbons (Fsp3) is 0.438. The number of rotatable bonds is 7. The molecule has 0 aliphatic carbocycles. The Bertz CT molecular complexity index is 1340. The number of anilines is 1. The third-order valence-corrected chi connectivity index (χ3v) is 5.12. The number of methoxy groups -OCH3 is 1. The predicted molar refractivity (Wildman–Crippen MR) is 170 cm³/mol. The normalized spacial score (nSPS) is 10.5. The highest BCUT2D eigenvalue weighted by molar-refractivity contribution is 6.03. The van der Waals surface area contributed by atoms with Gasteiger partial charge in [0.15, 0.2) is 0 Å². The summed E-state index contributed by atoms with van der Waals surface area (Å²) in [6.07, 6.45) is -3.39. The number of nitrogens with zero attached hydrogens (tertiary/aromatic N) is 2. The summed E-state index contributed by atoms with van der Waals surface area (Å²) in [7, 11) is 1.35. The molecule has 3 rings (SSSR count). The molecule has 1 aromatic heterocycles. The number of nitrogen functional groups attached to an aromatic ring is 1. The zero-order valence-electron chi connectivity index (χ0n) is 27.7. The highest BCUT2D eigenvalue weighted by Crippen LogP contribution is 2.35. The van der Waals surface area contributed by atoms with E-state index in [2.05, 4.69) is 24.3 Å². The maximum Gasteiger partial charge on any atom is 0.410 e. The van der Waals surface area contributed by atoms with Gasteiger partial charge in [0.2, 0.25) is 0 Å². The lowest BCUT2D eigenvalue weighted by Crippen LogP contribution is -2.26. The molecule has 1 heterocycles. The van der Waals surface area contributed by atoms with Crippen molar-refractivity contribution in [1.29, 1.82) is 0 Å². The van der Waals surface area contributed by atoms with Crippen LogP contribution in [0.15, 0.2) is 42.5 Å². The lowest BCUT2D eigenvalue weighted by Gasteiger charge is -2.17. The van der Waals surface area contributed by atoms with Crippen molar-refractivity contribution < 1.29 is 36.7 Å². The summed E-state index contributed by atoms with van der Waals surface area (Å²) in [5.74, 6) is -2.31. The molecular formula is C32H47F4N5O4. The van der Waals surface area contributed by atoms with Gasteiger partial charge < -0.3 is 26.3 Å². The lowest BCUT2D eigenvalue weighted by molar-refractivity contribution is -0.164. The number of nitrogens with one attached hydrogen (secondary N) is 1. The van der Waals surface area contributed by atoms with E-state index in [9.17, 15) is 31.9 Å². The number of benzene rings is 2. The number of ketones is 1. The molecule has 0 saturated heterocycles. The zero-order valence-corrected chi connectivity index (χ0v) is 27.7. The SMILES string of the molecule is CC.CC.CC(C)=O.CCC.COc1ccc(F)cc1C(=O)NCc1ccc(-c2nn([C@@H](C)C(F)(F)F)c(N)c2C(N)=O)cc1. The Kier molecular flexibility index (Phi) is 20.2. The molecular weight excluding hydrogens is 594 g/mol. The Morgan fingerprint density at radius 1 is 1.00 bits per heavy atom. The number of hydrogen-bond donors (Lipinski definition) is 3. The summed E-state index contributed by atoms with van der Waals surface area (Å²) >= 11 is 0. The second kappa shape index (κ2) is 21.3. The molecule has 1 atom stereocenters. The zero-order chi connectivity index (χ0) is 35.5. The molecule has 13 heteroatoms. The van der Waals surface area contributed by atoms with E-state index < -0.39 is 35.7 Å². The highest BCUT2D eigenvalue weighted by Gasteiger charge is 2.40.